The molecule has 1 aliphatic rings. The first-order valence-electron chi connectivity index (χ1n) is 12.3. The van der Waals surface area contributed by atoms with Crippen LogP contribution in [0.1, 0.15) is 60.0 Å². The molecule has 1 amide bonds. The van der Waals surface area contributed by atoms with Crippen LogP contribution < -0.4 is 9.62 Å². The van der Waals surface area contributed by atoms with Gasteiger partial charge in [0.2, 0.25) is 5.91 Å². The molecule has 3 aromatic rings. The summed E-state index contributed by atoms with van der Waals surface area (Å²) in [5.41, 5.74) is 6.21. The maximum atomic E-state index is 13.6. The van der Waals surface area contributed by atoms with Gasteiger partial charge >= 0.3 is 0 Å². The monoisotopic (exact) mass is 490 g/mol. The largest absolute Gasteiger partial charge is 0.348 e. The number of anilines is 1. The molecule has 0 spiro atoms. The predicted octanol–water partition coefficient (Wildman–Crippen LogP) is 5.65. The van der Waals surface area contributed by atoms with Crippen molar-refractivity contribution in [2.45, 2.75) is 63.8 Å². The van der Waals surface area contributed by atoms with E-state index in [1.807, 2.05) is 32.9 Å². The second-order valence-electron chi connectivity index (χ2n) is 9.43. The van der Waals surface area contributed by atoms with Crippen molar-refractivity contribution in [3.05, 3.63) is 94.5 Å². The number of amides is 1. The molecule has 0 saturated heterocycles. The first-order valence-corrected chi connectivity index (χ1v) is 13.8. The number of nitrogens with zero attached hydrogens (tertiary/aromatic N) is 1. The average Bonchev–Trinajstić information content (AvgIpc) is 2.85. The summed E-state index contributed by atoms with van der Waals surface area (Å²) < 4.78 is 28.5. The molecule has 0 fully saturated rings. The van der Waals surface area contributed by atoms with Gasteiger partial charge in [0.05, 0.1) is 16.6 Å². The van der Waals surface area contributed by atoms with Crippen LogP contribution in [0.25, 0.3) is 0 Å². The Kier molecular flexibility index (Phi) is 7.60. The number of carbonyl (C=O) groups excluding carboxylic acids is 1. The van der Waals surface area contributed by atoms with Crippen LogP contribution in [0.15, 0.2) is 71.6 Å². The fourth-order valence-electron chi connectivity index (χ4n) is 4.70. The van der Waals surface area contributed by atoms with Gasteiger partial charge in [-0.3, -0.25) is 9.10 Å². The van der Waals surface area contributed by atoms with E-state index in [1.165, 1.54) is 28.3 Å². The summed E-state index contributed by atoms with van der Waals surface area (Å²) in [4.78, 5) is 13.4. The summed E-state index contributed by atoms with van der Waals surface area (Å²) in [7, 11) is -3.93. The van der Waals surface area contributed by atoms with Crippen molar-refractivity contribution in [1.82, 2.24) is 5.32 Å². The number of fused-ring (bicyclic) bond motifs is 1. The molecule has 5 nitrogen and oxygen atoms in total. The van der Waals surface area contributed by atoms with E-state index >= 15 is 0 Å². The number of sulfonamides is 1. The van der Waals surface area contributed by atoms with E-state index in [2.05, 4.69) is 23.5 Å². The third-order valence-corrected chi connectivity index (χ3v) is 8.49. The van der Waals surface area contributed by atoms with Crippen molar-refractivity contribution in [1.29, 1.82) is 0 Å². The van der Waals surface area contributed by atoms with Crippen molar-refractivity contribution < 1.29 is 13.2 Å². The van der Waals surface area contributed by atoms with Crippen molar-refractivity contribution in [3.8, 4) is 0 Å². The molecule has 4 rings (SSSR count). The molecule has 0 heterocycles. The van der Waals surface area contributed by atoms with E-state index < -0.39 is 10.0 Å². The number of hydrogen-bond donors (Lipinski definition) is 1. The summed E-state index contributed by atoms with van der Waals surface area (Å²) in [5.74, 6) is -0.327. The normalized spacial score (nSPS) is 14.1. The Labute approximate surface area is 209 Å². The minimum absolute atomic E-state index is 0.166. The van der Waals surface area contributed by atoms with Crippen LogP contribution in [-0.2, 0) is 27.7 Å². The molecular formula is C29H34N2O3S. The number of rotatable bonds is 8. The minimum Gasteiger partial charge on any atom is -0.348 e. The third kappa shape index (κ3) is 5.76. The van der Waals surface area contributed by atoms with Gasteiger partial charge in [-0.15, -0.1) is 0 Å². The lowest BCUT2D eigenvalue weighted by atomic mass is 9.89. The van der Waals surface area contributed by atoms with Gasteiger partial charge in [-0.25, -0.2) is 8.42 Å². The molecule has 184 valence electrons. The lowest BCUT2D eigenvalue weighted by Gasteiger charge is -2.26. The first-order chi connectivity index (χ1) is 16.8. The second-order valence-corrected chi connectivity index (χ2v) is 11.3. The van der Waals surface area contributed by atoms with Crippen LogP contribution in [0.2, 0.25) is 0 Å². The van der Waals surface area contributed by atoms with Gasteiger partial charge in [0.25, 0.3) is 10.0 Å². The maximum absolute atomic E-state index is 13.6. The Hall–Kier alpha value is -3.12. The molecule has 35 heavy (non-hydrogen) atoms. The lowest BCUT2D eigenvalue weighted by molar-refractivity contribution is -0.120. The fourth-order valence-corrected chi connectivity index (χ4v) is 6.11. The number of hydrogen-bond acceptors (Lipinski definition) is 3. The molecule has 3 aromatic carbocycles. The summed E-state index contributed by atoms with van der Waals surface area (Å²) >= 11 is 0. The SMILES string of the molecule is CC[C@@H](NC(=O)CN(c1cccc(C)c1)S(=O)(=O)c1ccc(C)cc1)c1ccc2c(c1)CCCC2. The molecule has 0 aromatic heterocycles. The van der Waals surface area contributed by atoms with E-state index in [0.717, 1.165) is 36.0 Å². The highest BCUT2D eigenvalue weighted by Gasteiger charge is 2.28. The summed E-state index contributed by atoms with van der Waals surface area (Å²) in [5, 5.41) is 3.09. The van der Waals surface area contributed by atoms with Crippen molar-refractivity contribution in [2.24, 2.45) is 0 Å². The summed E-state index contributed by atoms with van der Waals surface area (Å²) in [6.45, 7) is 5.56. The molecule has 1 atom stereocenters. The van der Waals surface area contributed by atoms with Gasteiger partial charge in [-0.05, 0) is 92.5 Å². The van der Waals surface area contributed by atoms with E-state index in [1.54, 1.807) is 36.4 Å². The molecule has 6 heteroatoms. The smallest absolute Gasteiger partial charge is 0.264 e. The Morgan fingerprint density at radius 3 is 2.31 bits per heavy atom. The number of carbonyl (C=O) groups is 1. The van der Waals surface area contributed by atoms with Crippen LogP contribution in [0.5, 0.6) is 0 Å². The van der Waals surface area contributed by atoms with E-state index in [-0.39, 0.29) is 23.4 Å². The van der Waals surface area contributed by atoms with Crippen LogP contribution in [0.3, 0.4) is 0 Å². The van der Waals surface area contributed by atoms with Crippen molar-refractivity contribution >= 4 is 21.6 Å². The Morgan fingerprint density at radius 2 is 1.63 bits per heavy atom. The van der Waals surface area contributed by atoms with E-state index in [4.69, 9.17) is 0 Å². The topological polar surface area (TPSA) is 66.5 Å². The highest BCUT2D eigenvalue weighted by molar-refractivity contribution is 7.92. The molecule has 1 N–H and O–H groups in total. The predicted molar refractivity (Wildman–Crippen MR) is 141 cm³/mol. The minimum atomic E-state index is -3.93. The van der Waals surface area contributed by atoms with E-state index in [9.17, 15) is 13.2 Å². The molecule has 0 aliphatic heterocycles. The highest BCUT2D eigenvalue weighted by Crippen LogP contribution is 2.27. The third-order valence-electron chi connectivity index (χ3n) is 6.70. The van der Waals surface area contributed by atoms with Gasteiger partial charge in [0.1, 0.15) is 6.54 Å². The summed E-state index contributed by atoms with van der Waals surface area (Å²) in [6, 6.07) is 20.3. The number of aryl methyl sites for hydroxylation is 4. The first kappa shape index (κ1) is 25.0. The number of nitrogens with one attached hydrogen (secondary N) is 1. The second kappa shape index (κ2) is 10.6. The van der Waals surface area contributed by atoms with Crippen LogP contribution in [0.4, 0.5) is 5.69 Å². The Morgan fingerprint density at radius 1 is 0.914 bits per heavy atom. The van der Waals surface area contributed by atoms with Gasteiger partial charge in [0, 0.05) is 0 Å². The standard InChI is InChI=1S/C29H34N2O3S/c1-4-28(25-15-14-23-9-5-6-10-24(23)19-25)30-29(32)20-31(26-11-7-8-22(3)18-26)35(33,34)27-16-12-21(2)13-17-27/h7-8,11-19,28H,4-6,9-10,20H2,1-3H3,(H,30,32)/t28-/m1/s1. The lowest BCUT2D eigenvalue weighted by Crippen LogP contribution is -2.42. The summed E-state index contributed by atoms with van der Waals surface area (Å²) in [6.07, 6.45) is 5.33. The van der Waals surface area contributed by atoms with Gasteiger partial charge < -0.3 is 5.32 Å². The van der Waals surface area contributed by atoms with E-state index in [0.29, 0.717) is 5.69 Å². The van der Waals surface area contributed by atoms with Gasteiger partial charge in [-0.2, -0.15) is 0 Å². The Bertz CT molecular complexity index is 1300. The molecule has 0 unspecified atom stereocenters. The Balaban J connectivity index is 1.60. The number of benzene rings is 3. The van der Waals surface area contributed by atoms with Crippen LogP contribution in [-0.4, -0.2) is 20.9 Å². The van der Waals surface area contributed by atoms with Crippen LogP contribution in [0, 0.1) is 13.8 Å². The quantitative estimate of drug-likeness (QED) is 0.444. The van der Waals surface area contributed by atoms with Crippen LogP contribution >= 0.6 is 0 Å². The zero-order valence-corrected chi connectivity index (χ0v) is 21.6. The van der Waals surface area contributed by atoms with Gasteiger partial charge in [-0.1, -0.05) is 55.0 Å². The maximum Gasteiger partial charge on any atom is 0.264 e. The van der Waals surface area contributed by atoms with Crippen molar-refractivity contribution in [3.63, 3.8) is 0 Å². The zero-order valence-electron chi connectivity index (χ0n) is 20.8. The molecule has 0 radical (unpaired) electrons. The van der Waals surface area contributed by atoms with Crippen molar-refractivity contribution in [2.75, 3.05) is 10.8 Å². The van der Waals surface area contributed by atoms with Gasteiger partial charge in [0.15, 0.2) is 0 Å². The highest BCUT2D eigenvalue weighted by atomic mass is 32.2. The molecule has 0 saturated carbocycles. The molecular weight excluding hydrogens is 456 g/mol. The zero-order chi connectivity index (χ0) is 25.0. The molecule has 1 aliphatic carbocycles. The molecule has 0 bridgehead atoms. The average molecular weight is 491 g/mol. The fraction of sp³-hybridized carbons (Fsp3) is 0.345.